The van der Waals surface area contributed by atoms with Gasteiger partial charge < -0.3 is 11.1 Å². The Morgan fingerprint density at radius 2 is 1.78 bits per heavy atom. The van der Waals surface area contributed by atoms with E-state index >= 15 is 0 Å². The standard InChI is InChI=1S/C14H23N3.HI/c1-10(2)5-6-16-14(15)17-13-8-11(3)7-12(4)9-13;/h7-10H,5-6H2,1-4H3,(H3,15,16,17);1H. The SMILES string of the molecule is Cc1cc(C)cc(NC(N)=NCCC(C)C)c1.I. The van der Waals surface area contributed by atoms with Crippen LogP contribution < -0.4 is 11.1 Å². The average Bonchev–Trinajstić information content (AvgIpc) is 2.14. The highest BCUT2D eigenvalue weighted by Crippen LogP contribution is 2.13. The summed E-state index contributed by atoms with van der Waals surface area (Å²) in [6.07, 6.45) is 1.06. The second-order valence-corrected chi connectivity index (χ2v) is 4.95. The molecular formula is C14H24IN3. The van der Waals surface area contributed by atoms with Crippen LogP contribution >= 0.6 is 24.0 Å². The molecule has 0 amide bonds. The Balaban J connectivity index is 0.00000289. The van der Waals surface area contributed by atoms with E-state index in [4.69, 9.17) is 5.73 Å². The third-order valence-electron chi connectivity index (χ3n) is 2.48. The molecule has 0 saturated heterocycles. The second kappa shape index (κ2) is 8.34. The number of anilines is 1. The zero-order chi connectivity index (χ0) is 12.8. The van der Waals surface area contributed by atoms with Crippen molar-refractivity contribution in [3.63, 3.8) is 0 Å². The number of nitrogens with zero attached hydrogens (tertiary/aromatic N) is 1. The quantitative estimate of drug-likeness (QED) is 0.488. The average molecular weight is 361 g/mol. The first-order valence-electron chi connectivity index (χ1n) is 6.12. The summed E-state index contributed by atoms with van der Waals surface area (Å²) in [6, 6.07) is 6.27. The van der Waals surface area contributed by atoms with Crippen molar-refractivity contribution in [3.8, 4) is 0 Å². The molecule has 102 valence electrons. The molecule has 0 fully saturated rings. The number of halogens is 1. The summed E-state index contributed by atoms with van der Waals surface area (Å²) >= 11 is 0. The predicted octanol–water partition coefficient (Wildman–Crippen LogP) is 3.69. The zero-order valence-electron chi connectivity index (χ0n) is 11.7. The van der Waals surface area contributed by atoms with Gasteiger partial charge in [-0.05, 0) is 49.4 Å². The van der Waals surface area contributed by atoms with Crippen LogP contribution in [0.2, 0.25) is 0 Å². The molecular weight excluding hydrogens is 337 g/mol. The van der Waals surface area contributed by atoms with E-state index in [9.17, 15) is 0 Å². The molecule has 0 aliphatic rings. The number of aryl methyl sites for hydroxylation is 2. The Kier molecular flexibility index (Phi) is 7.98. The molecule has 4 heteroatoms. The topological polar surface area (TPSA) is 50.4 Å². The van der Waals surface area contributed by atoms with E-state index in [1.807, 2.05) is 0 Å². The molecule has 18 heavy (non-hydrogen) atoms. The molecule has 0 aliphatic carbocycles. The summed E-state index contributed by atoms with van der Waals surface area (Å²) in [6.45, 7) is 9.29. The first-order valence-corrected chi connectivity index (χ1v) is 6.12. The largest absolute Gasteiger partial charge is 0.370 e. The molecule has 1 rings (SSSR count). The van der Waals surface area contributed by atoms with Crippen molar-refractivity contribution in [2.75, 3.05) is 11.9 Å². The molecule has 0 aliphatic heterocycles. The van der Waals surface area contributed by atoms with Crippen molar-refractivity contribution in [1.82, 2.24) is 0 Å². The Bertz CT molecular complexity index is 380. The lowest BCUT2D eigenvalue weighted by Gasteiger charge is -2.08. The van der Waals surface area contributed by atoms with Gasteiger partial charge >= 0.3 is 0 Å². The lowest BCUT2D eigenvalue weighted by molar-refractivity contribution is 0.597. The maximum atomic E-state index is 5.83. The van der Waals surface area contributed by atoms with Crippen LogP contribution in [0.4, 0.5) is 5.69 Å². The number of rotatable bonds is 4. The van der Waals surface area contributed by atoms with Gasteiger partial charge in [0.05, 0.1) is 0 Å². The molecule has 0 spiro atoms. The Hall–Kier alpha value is -0.780. The van der Waals surface area contributed by atoms with E-state index in [2.05, 4.69) is 56.2 Å². The van der Waals surface area contributed by atoms with Crippen LogP contribution in [0.5, 0.6) is 0 Å². The van der Waals surface area contributed by atoms with Crippen molar-refractivity contribution >= 4 is 35.6 Å². The number of hydrogen-bond donors (Lipinski definition) is 2. The fraction of sp³-hybridized carbons (Fsp3) is 0.500. The van der Waals surface area contributed by atoms with E-state index in [0.29, 0.717) is 11.9 Å². The Morgan fingerprint density at radius 1 is 1.22 bits per heavy atom. The molecule has 0 atom stereocenters. The second-order valence-electron chi connectivity index (χ2n) is 4.95. The maximum absolute atomic E-state index is 5.83. The minimum Gasteiger partial charge on any atom is -0.370 e. The highest BCUT2D eigenvalue weighted by molar-refractivity contribution is 14.0. The van der Waals surface area contributed by atoms with Crippen LogP contribution in [0.25, 0.3) is 0 Å². The third-order valence-corrected chi connectivity index (χ3v) is 2.48. The van der Waals surface area contributed by atoms with Gasteiger partial charge in [0.2, 0.25) is 0 Å². The molecule has 0 saturated carbocycles. The van der Waals surface area contributed by atoms with E-state index in [1.165, 1.54) is 11.1 Å². The third kappa shape index (κ3) is 6.83. The summed E-state index contributed by atoms with van der Waals surface area (Å²) in [5.41, 5.74) is 9.29. The van der Waals surface area contributed by atoms with Gasteiger partial charge in [0, 0.05) is 12.2 Å². The van der Waals surface area contributed by atoms with Crippen LogP contribution in [-0.4, -0.2) is 12.5 Å². The number of nitrogens with two attached hydrogens (primary N) is 1. The van der Waals surface area contributed by atoms with E-state index < -0.39 is 0 Å². The number of guanidine groups is 1. The number of aliphatic imine (C=N–C) groups is 1. The van der Waals surface area contributed by atoms with Gasteiger partial charge in [-0.1, -0.05) is 19.9 Å². The number of nitrogens with one attached hydrogen (secondary N) is 1. The minimum atomic E-state index is 0. The molecule has 1 aromatic carbocycles. The first kappa shape index (κ1) is 17.2. The normalized spacial score (nSPS) is 11.3. The monoisotopic (exact) mass is 361 g/mol. The molecule has 0 radical (unpaired) electrons. The van der Waals surface area contributed by atoms with Crippen LogP contribution in [0.15, 0.2) is 23.2 Å². The summed E-state index contributed by atoms with van der Waals surface area (Å²) < 4.78 is 0. The fourth-order valence-corrected chi connectivity index (χ4v) is 1.68. The van der Waals surface area contributed by atoms with Gasteiger partial charge in [0.25, 0.3) is 0 Å². The maximum Gasteiger partial charge on any atom is 0.193 e. The zero-order valence-corrected chi connectivity index (χ0v) is 14.0. The van der Waals surface area contributed by atoms with Crippen LogP contribution in [0, 0.1) is 19.8 Å². The van der Waals surface area contributed by atoms with Gasteiger partial charge in [0.15, 0.2) is 5.96 Å². The van der Waals surface area contributed by atoms with Crippen molar-refractivity contribution in [2.45, 2.75) is 34.1 Å². The lowest BCUT2D eigenvalue weighted by atomic mass is 10.1. The molecule has 0 unspecified atom stereocenters. The minimum absolute atomic E-state index is 0. The van der Waals surface area contributed by atoms with E-state index in [0.717, 1.165) is 18.7 Å². The summed E-state index contributed by atoms with van der Waals surface area (Å²) in [4.78, 5) is 4.30. The van der Waals surface area contributed by atoms with Gasteiger partial charge in [0.1, 0.15) is 0 Å². The highest BCUT2D eigenvalue weighted by atomic mass is 127. The Morgan fingerprint density at radius 3 is 2.28 bits per heavy atom. The first-order chi connectivity index (χ1) is 7.97. The van der Waals surface area contributed by atoms with E-state index in [-0.39, 0.29) is 24.0 Å². The molecule has 3 N–H and O–H groups in total. The Labute approximate surface area is 127 Å². The van der Waals surface area contributed by atoms with Gasteiger partial charge in [-0.25, -0.2) is 0 Å². The molecule has 0 aromatic heterocycles. The molecule has 3 nitrogen and oxygen atoms in total. The smallest absolute Gasteiger partial charge is 0.193 e. The van der Waals surface area contributed by atoms with Crippen molar-refractivity contribution < 1.29 is 0 Å². The van der Waals surface area contributed by atoms with E-state index in [1.54, 1.807) is 0 Å². The van der Waals surface area contributed by atoms with Gasteiger partial charge in [-0.15, -0.1) is 24.0 Å². The van der Waals surface area contributed by atoms with Crippen LogP contribution in [0.1, 0.15) is 31.4 Å². The molecule has 1 aromatic rings. The van der Waals surface area contributed by atoms with Crippen LogP contribution in [0.3, 0.4) is 0 Å². The summed E-state index contributed by atoms with van der Waals surface area (Å²) in [5, 5.41) is 3.13. The van der Waals surface area contributed by atoms with Crippen LogP contribution in [-0.2, 0) is 0 Å². The van der Waals surface area contributed by atoms with Crippen molar-refractivity contribution in [1.29, 1.82) is 0 Å². The predicted molar refractivity (Wildman–Crippen MR) is 90.9 cm³/mol. The van der Waals surface area contributed by atoms with Gasteiger partial charge in [-0.2, -0.15) is 0 Å². The summed E-state index contributed by atoms with van der Waals surface area (Å²) in [7, 11) is 0. The summed E-state index contributed by atoms with van der Waals surface area (Å²) in [5.74, 6) is 1.16. The molecule has 0 heterocycles. The lowest BCUT2D eigenvalue weighted by Crippen LogP contribution is -2.23. The van der Waals surface area contributed by atoms with Crippen molar-refractivity contribution in [2.24, 2.45) is 16.6 Å². The fourth-order valence-electron chi connectivity index (χ4n) is 1.68. The molecule has 0 bridgehead atoms. The highest BCUT2D eigenvalue weighted by Gasteiger charge is 1.98. The van der Waals surface area contributed by atoms with Crippen molar-refractivity contribution in [3.05, 3.63) is 29.3 Å². The number of benzene rings is 1. The van der Waals surface area contributed by atoms with Gasteiger partial charge in [-0.3, -0.25) is 4.99 Å². The number of hydrogen-bond acceptors (Lipinski definition) is 1.